The van der Waals surface area contributed by atoms with Crippen molar-refractivity contribution in [2.75, 3.05) is 21.3 Å². The summed E-state index contributed by atoms with van der Waals surface area (Å²) >= 11 is 0. The van der Waals surface area contributed by atoms with E-state index in [1.165, 1.54) is 21.3 Å². The molecule has 0 saturated heterocycles. The third-order valence-electron chi connectivity index (χ3n) is 2.21. The van der Waals surface area contributed by atoms with Crippen molar-refractivity contribution in [2.24, 2.45) is 0 Å². The minimum atomic E-state index is -0.515. The molecule has 2 N–H and O–H groups in total. The Labute approximate surface area is 99.1 Å². The quantitative estimate of drug-likeness (QED) is 0.588. The molecule has 0 spiro atoms. The van der Waals surface area contributed by atoms with Gasteiger partial charge in [-0.25, -0.2) is 5.48 Å². The summed E-state index contributed by atoms with van der Waals surface area (Å²) in [5.41, 5.74) is 2.21. The SMILES string of the molecule is COc1cc(CC(=O)NO)cc(OC)c1OC. The number of hydrogen-bond donors (Lipinski definition) is 2. The molecule has 0 unspecified atom stereocenters. The fourth-order valence-corrected chi connectivity index (χ4v) is 1.46. The van der Waals surface area contributed by atoms with Gasteiger partial charge in [0.1, 0.15) is 0 Å². The molecule has 6 heteroatoms. The van der Waals surface area contributed by atoms with E-state index in [0.29, 0.717) is 22.8 Å². The van der Waals surface area contributed by atoms with Crippen molar-refractivity contribution >= 4 is 5.91 Å². The number of ether oxygens (including phenoxy) is 3. The molecule has 0 bridgehead atoms. The summed E-state index contributed by atoms with van der Waals surface area (Å²) in [6.45, 7) is 0. The molecule has 0 fully saturated rings. The van der Waals surface area contributed by atoms with Gasteiger partial charge in [0, 0.05) is 0 Å². The van der Waals surface area contributed by atoms with Crippen LogP contribution in [0.15, 0.2) is 12.1 Å². The minimum Gasteiger partial charge on any atom is -0.493 e. The van der Waals surface area contributed by atoms with Crippen molar-refractivity contribution in [3.05, 3.63) is 17.7 Å². The summed E-state index contributed by atoms with van der Waals surface area (Å²) in [6, 6.07) is 3.30. The first-order chi connectivity index (χ1) is 8.15. The van der Waals surface area contributed by atoms with E-state index in [4.69, 9.17) is 19.4 Å². The Morgan fingerprint density at radius 3 is 2.06 bits per heavy atom. The molecule has 0 atom stereocenters. The predicted octanol–water partition coefficient (Wildman–Crippen LogP) is 0.760. The van der Waals surface area contributed by atoms with Crippen molar-refractivity contribution < 1.29 is 24.2 Å². The zero-order valence-electron chi connectivity index (χ0n) is 9.94. The van der Waals surface area contributed by atoms with Crippen molar-refractivity contribution in [1.29, 1.82) is 0 Å². The van der Waals surface area contributed by atoms with Gasteiger partial charge in [0.2, 0.25) is 11.7 Å². The Hall–Kier alpha value is -1.95. The van der Waals surface area contributed by atoms with Gasteiger partial charge in [-0.05, 0) is 17.7 Å². The molecule has 1 aromatic carbocycles. The van der Waals surface area contributed by atoms with E-state index in [2.05, 4.69) is 0 Å². The maximum Gasteiger partial charge on any atom is 0.247 e. The third-order valence-corrected chi connectivity index (χ3v) is 2.21. The zero-order chi connectivity index (χ0) is 12.8. The number of rotatable bonds is 5. The number of nitrogens with one attached hydrogen (secondary N) is 1. The van der Waals surface area contributed by atoms with Crippen LogP contribution < -0.4 is 19.7 Å². The van der Waals surface area contributed by atoms with Gasteiger partial charge in [-0.3, -0.25) is 10.0 Å². The van der Waals surface area contributed by atoms with E-state index in [1.54, 1.807) is 17.6 Å². The Kier molecular flexibility index (Phi) is 4.59. The van der Waals surface area contributed by atoms with Crippen LogP contribution in [0, 0.1) is 0 Å². The summed E-state index contributed by atoms with van der Waals surface area (Å²) in [5, 5.41) is 8.46. The molecule has 0 aliphatic carbocycles. The van der Waals surface area contributed by atoms with Crippen LogP contribution in [0.2, 0.25) is 0 Å². The lowest BCUT2D eigenvalue weighted by Gasteiger charge is -2.13. The van der Waals surface area contributed by atoms with Gasteiger partial charge in [0.05, 0.1) is 27.8 Å². The second kappa shape index (κ2) is 5.95. The van der Waals surface area contributed by atoms with E-state index >= 15 is 0 Å². The molecule has 0 saturated carbocycles. The summed E-state index contributed by atoms with van der Waals surface area (Å²) < 4.78 is 15.4. The molecular formula is C11H15NO5. The Balaban J connectivity index is 3.13. The van der Waals surface area contributed by atoms with E-state index in [9.17, 15) is 4.79 Å². The number of benzene rings is 1. The number of carbonyl (C=O) groups excluding carboxylic acids is 1. The Morgan fingerprint density at radius 2 is 1.71 bits per heavy atom. The largest absolute Gasteiger partial charge is 0.493 e. The summed E-state index contributed by atoms with van der Waals surface area (Å²) in [4.78, 5) is 11.1. The van der Waals surface area contributed by atoms with Crippen LogP contribution in [0.25, 0.3) is 0 Å². The molecule has 1 aromatic rings. The maximum atomic E-state index is 11.1. The van der Waals surface area contributed by atoms with Gasteiger partial charge in [-0.15, -0.1) is 0 Å². The molecule has 6 nitrogen and oxygen atoms in total. The highest BCUT2D eigenvalue weighted by atomic mass is 16.5. The highest BCUT2D eigenvalue weighted by Gasteiger charge is 2.14. The van der Waals surface area contributed by atoms with Crippen molar-refractivity contribution in [2.45, 2.75) is 6.42 Å². The monoisotopic (exact) mass is 241 g/mol. The van der Waals surface area contributed by atoms with E-state index in [0.717, 1.165) is 0 Å². The maximum absolute atomic E-state index is 11.1. The summed E-state index contributed by atoms with van der Waals surface area (Å²) in [7, 11) is 4.49. The number of hydroxylamine groups is 1. The lowest BCUT2D eigenvalue weighted by molar-refractivity contribution is -0.128. The van der Waals surface area contributed by atoms with Crippen LogP contribution in [-0.2, 0) is 11.2 Å². The van der Waals surface area contributed by atoms with Gasteiger partial charge in [0.15, 0.2) is 11.5 Å². The molecule has 0 aliphatic rings. The van der Waals surface area contributed by atoms with Crippen LogP contribution >= 0.6 is 0 Å². The molecule has 17 heavy (non-hydrogen) atoms. The molecule has 0 radical (unpaired) electrons. The van der Waals surface area contributed by atoms with Crippen LogP contribution in [0.3, 0.4) is 0 Å². The number of methoxy groups -OCH3 is 3. The van der Waals surface area contributed by atoms with Crippen molar-refractivity contribution in [3.8, 4) is 17.2 Å². The second-order valence-corrected chi connectivity index (χ2v) is 3.25. The molecule has 0 heterocycles. The van der Waals surface area contributed by atoms with E-state index in [1.807, 2.05) is 0 Å². The topological polar surface area (TPSA) is 77.0 Å². The van der Waals surface area contributed by atoms with Gasteiger partial charge in [-0.2, -0.15) is 0 Å². The second-order valence-electron chi connectivity index (χ2n) is 3.25. The summed E-state index contributed by atoms with van der Waals surface area (Å²) in [6.07, 6.45) is 0.0210. The molecule has 0 aromatic heterocycles. The first-order valence-corrected chi connectivity index (χ1v) is 4.88. The number of carbonyl (C=O) groups is 1. The first-order valence-electron chi connectivity index (χ1n) is 4.88. The number of hydrogen-bond acceptors (Lipinski definition) is 5. The van der Waals surface area contributed by atoms with Crippen LogP contribution in [0.1, 0.15) is 5.56 Å². The highest BCUT2D eigenvalue weighted by Crippen LogP contribution is 2.38. The van der Waals surface area contributed by atoms with E-state index < -0.39 is 5.91 Å². The lowest BCUT2D eigenvalue weighted by atomic mass is 10.1. The predicted molar refractivity (Wildman–Crippen MR) is 59.7 cm³/mol. The highest BCUT2D eigenvalue weighted by molar-refractivity contribution is 5.78. The Bertz CT molecular complexity index is 380. The smallest absolute Gasteiger partial charge is 0.247 e. The molecule has 0 aliphatic heterocycles. The first kappa shape index (κ1) is 13.1. The number of amides is 1. The van der Waals surface area contributed by atoms with Crippen LogP contribution in [-0.4, -0.2) is 32.4 Å². The lowest BCUT2D eigenvalue weighted by Crippen LogP contribution is -2.20. The molecular weight excluding hydrogens is 226 g/mol. The standard InChI is InChI=1S/C11H15NO5/c1-15-8-4-7(6-10(13)12-14)5-9(16-2)11(8)17-3/h4-5,14H,6H2,1-3H3,(H,12,13). The van der Waals surface area contributed by atoms with Gasteiger partial charge >= 0.3 is 0 Å². The van der Waals surface area contributed by atoms with E-state index in [-0.39, 0.29) is 6.42 Å². The minimum absolute atomic E-state index is 0.0210. The zero-order valence-corrected chi connectivity index (χ0v) is 9.94. The van der Waals surface area contributed by atoms with Crippen molar-refractivity contribution in [1.82, 2.24) is 5.48 Å². The third kappa shape index (κ3) is 3.01. The van der Waals surface area contributed by atoms with Gasteiger partial charge in [0.25, 0.3) is 0 Å². The van der Waals surface area contributed by atoms with Gasteiger partial charge in [-0.1, -0.05) is 0 Å². The molecule has 94 valence electrons. The van der Waals surface area contributed by atoms with Gasteiger partial charge < -0.3 is 14.2 Å². The Morgan fingerprint density at radius 1 is 1.18 bits per heavy atom. The normalized spacial score (nSPS) is 9.65. The average molecular weight is 241 g/mol. The molecule has 1 rings (SSSR count). The average Bonchev–Trinajstić information content (AvgIpc) is 2.37. The molecule has 1 amide bonds. The van der Waals surface area contributed by atoms with Crippen LogP contribution in [0.4, 0.5) is 0 Å². The summed E-state index contributed by atoms with van der Waals surface area (Å²) in [5.74, 6) is 0.877. The van der Waals surface area contributed by atoms with Crippen molar-refractivity contribution in [3.63, 3.8) is 0 Å². The fraction of sp³-hybridized carbons (Fsp3) is 0.364. The fourth-order valence-electron chi connectivity index (χ4n) is 1.46. The van der Waals surface area contributed by atoms with Crippen LogP contribution in [0.5, 0.6) is 17.2 Å².